The molecular formula is C19H29NO2. The second-order valence-corrected chi connectivity index (χ2v) is 7.80. The van der Waals surface area contributed by atoms with E-state index in [0.717, 1.165) is 6.42 Å². The Bertz CT molecular complexity index is 602. The summed E-state index contributed by atoms with van der Waals surface area (Å²) >= 11 is 0. The third-order valence-corrected chi connectivity index (χ3v) is 5.07. The molecule has 0 radical (unpaired) electrons. The Morgan fingerprint density at radius 2 is 1.82 bits per heavy atom. The van der Waals surface area contributed by atoms with Gasteiger partial charge in [0.15, 0.2) is 0 Å². The van der Waals surface area contributed by atoms with Crippen molar-refractivity contribution in [2.45, 2.75) is 71.9 Å². The first kappa shape index (κ1) is 16.9. The van der Waals surface area contributed by atoms with Gasteiger partial charge in [0.1, 0.15) is 5.54 Å². The molecule has 1 aliphatic heterocycles. The summed E-state index contributed by atoms with van der Waals surface area (Å²) in [6.45, 7) is 14.9. The second-order valence-electron chi connectivity index (χ2n) is 7.80. The zero-order valence-electron chi connectivity index (χ0n) is 15.2. The molecule has 0 spiro atoms. The molecule has 1 heterocycles. The Morgan fingerprint density at radius 1 is 1.27 bits per heavy atom. The van der Waals surface area contributed by atoms with Crippen molar-refractivity contribution in [2.75, 3.05) is 12.0 Å². The summed E-state index contributed by atoms with van der Waals surface area (Å²) in [5, 5.41) is 0. The number of hydrogen-bond donors (Lipinski definition) is 0. The van der Waals surface area contributed by atoms with Crippen molar-refractivity contribution < 1.29 is 9.53 Å². The van der Waals surface area contributed by atoms with Gasteiger partial charge in [0.25, 0.3) is 0 Å². The SMILES string of the molecule is COC(=O)C(C)(C)N1c2cc(C)c(C)cc2[C@@H](C)CC1(C)C. The van der Waals surface area contributed by atoms with E-state index in [9.17, 15) is 4.79 Å². The van der Waals surface area contributed by atoms with Crippen molar-refractivity contribution in [1.29, 1.82) is 0 Å². The Kier molecular flexibility index (Phi) is 4.05. The van der Waals surface area contributed by atoms with Crippen LogP contribution in [0.2, 0.25) is 0 Å². The van der Waals surface area contributed by atoms with E-state index in [2.05, 4.69) is 51.7 Å². The molecule has 0 fully saturated rings. The van der Waals surface area contributed by atoms with Gasteiger partial charge in [-0.25, -0.2) is 4.79 Å². The first-order chi connectivity index (χ1) is 10.0. The Labute approximate surface area is 134 Å². The van der Waals surface area contributed by atoms with E-state index in [-0.39, 0.29) is 11.5 Å². The van der Waals surface area contributed by atoms with Crippen molar-refractivity contribution >= 4 is 11.7 Å². The number of hydrogen-bond acceptors (Lipinski definition) is 3. The molecule has 2 rings (SSSR count). The van der Waals surface area contributed by atoms with Crippen molar-refractivity contribution in [1.82, 2.24) is 0 Å². The lowest BCUT2D eigenvalue weighted by atomic mass is 9.76. The molecule has 0 saturated carbocycles. The summed E-state index contributed by atoms with van der Waals surface area (Å²) in [6.07, 6.45) is 1.02. The van der Waals surface area contributed by atoms with Gasteiger partial charge in [-0.05, 0) is 76.6 Å². The molecule has 22 heavy (non-hydrogen) atoms. The lowest BCUT2D eigenvalue weighted by molar-refractivity contribution is -0.146. The number of nitrogens with zero attached hydrogens (tertiary/aromatic N) is 1. The highest BCUT2D eigenvalue weighted by atomic mass is 16.5. The molecule has 1 atom stereocenters. The number of benzene rings is 1. The highest BCUT2D eigenvalue weighted by molar-refractivity contribution is 5.86. The van der Waals surface area contributed by atoms with E-state index in [4.69, 9.17) is 4.74 Å². The van der Waals surface area contributed by atoms with Gasteiger partial charge in [-0.3, -0.25) is 0 Å². The van der Waals surface area contributed by atoms with Crippen molar-refractivity contribution in [2.24, 2.45) is 0 Å². The molecule has 0 bridgehead atoms. The van der Waals surface area contributed by atoms with Crippen LogP contribution >= 0.6 is 0 Å². The van der Waals surface area contributed by atoms with Crippen LogP contribution in [0.5, 0.6) is 0 Å². The highest BCUT2D eigenvalue weighted by Gasteiger charge is 2.47. The lowest BCUT2D eigenvalue weighted by Gasteiger charge is -2.53. The molecule has 1 aromatic carbocycles. The average Bonchev–Trinajstić information content (AvgIpc) is 2.39. The highest BCUT2D eigenvalue weighted by Crippen LogP contribution is 2.47. The molecule has 122 valence electrons. The summed E-state index contributed by atoms with van der Waals surface area (Å²) in [5.41, 5.74) is 4.26. The Hall–Kier alpha value is -1.51. The molecule has 3 heteroatoms. The molecule has 1 aromatic rings. The standard InChI is InChI=1S/C19H29NO2/c1-12-9-15-14(3)11-18(4,5)20(16(15)10-13(12)2)19(6,7)17(21)22-8/h9-10,14H,11H2,1-8H3/t14-/m0/s1. The third kappa shape index (κ3) is 2.51. The molecule has 0 N–H and O–H groups in total. The van der Waals surface area contributed by atoms with Gasteiger partial charge in [-0.1, -0.05) is 13.0 Å². The maximum Gasteiger partial charge on any atom is 0.331 e. The average molecular weight is 303 g/mol. The number of carbonyl (C=O) groups excluding carboxylic acids is 1. The van der Waals surface area contributed by atoms with Crippen LogP contribution in [0.25, 0.3) is 0 Å². The monoisotopic (exact) mass is 303 g/mol. The largest absolute Gasteiger partial charge is 0.467 e. The number of anilines is 1. The van der Waals surface area contributed by atoms with Gasteiger partial charge in [-0.15, -0.1) is 0 Å². The van der Waals surface area contributed by atoms with Crippen LogP contribution in [-0.4, -0.2) is 24.2 Å². The number of fused-ring (bicyclic) bond motifs is 1. The zero-order chi connectivity index (χ0) is 16.9. The molecule has 1 aliphatic rings. The number of ether oxygens (including phenoxy) is 1. The topological polar surface area (TPSA) is 29.5 Å². The fourth-order valence-corrected chi connectivity index (χ4v) is 4.09. The van der Waals surface area contributed by atoms with Crippen molar-refractivity contribution in [3.05, 3.63) is 28.8 Å². The van der Waals surface area contributed by atoms with Gasteiger partial charge in [-0.2, -0.15) is 0 Å². The van der Waals surface area contributed by atoms with Crippen LogP contribution in [0.15, 0.2) is 12.1 Å². The second kappa shape index (κ2) is 5.29. The minimum atomic E-state index is -0.700. The van der Waals surface area contributed by atoms with Crippen LogP contribution in [0.4, 0.5) is 5.69 Å². The van der Waals surface area contributed by atoms with E-state index < -0.39 is 5.54 Å². The lowest BCUT2D eigenvalue weighted by Crippen LogP contribution is -2.62. The predicted molar refractivity (Wildman–Crippen MR) is 91.6 cm³/mol. The maximum absolute atomic E-state index is 12.4. The first-order valence-electron chi connectivity index (χ1n) is 8.02. The number of methoxy groups -OCH3 is 1. The maximum atomic E-state index is 12.4. The van der Waals surface area contributed by atoms with Crippen LogP contribution in [-0.2, 0) is 9.53 Å². The predicted octanol–water partition coefficient (Wildman–Crippen LogP) is 4.35. The first-order valence-corrected chi connectivity index (χ1v) is 8.02. The summed E-state index contributed by atoms with van der Waals surface area (Å²) < 4.78 is 5.08. The molecule has 3 nitrogen and oxygen atoms in total. The summed E-state index contributed by atoms with van der Waals surface area (Å²) in [6, 6.07) is 4.51. The van der Waals surface area contributed by atoms with E-state index in [1.165, 1.54) is 29.5 Å². The zero-order valence-corrected chi connectivity index (χ0v) is 15.2. The number of esters is 1. The van der Waals surface area contributed by atoms with E-state index in [0.29, 0.717) is 5.92 Å². The summed E-state index contributed by atoms with van der Waals surface area (Å²) in [5.74, 6) is 0.285. The fourth-order valence-electron chi connectivity index (χ4n) is 4.09. The summed E-state index contributed by atoms with van der Waals surface area (Å²) in [7, 11) is 1.46. The molecule has 0 saturated heterocycles. The van der Waals surface area contributed by atoms with Gasteiger partial charge in [0, 0.05) is 11.2 Å². The normalized spacial score (nSPS) is 20.5. The minimum absolute atomic E-state index is 0.105. The number of carbonyl (C=O) groups is 1. The van der Waals surface area contributed by atoms with Crippen molar-refractivity contribution in [3.63, 3.8) is 0 Å². The van der Waals surface area contributed by atoms with Crippen molar-refractivity contribution in [3.8, 4) is 0 Å². The van der Waals surface area contributed by atoms with E-state index >= 15 is 0 Å². The molecule has 0 amide bonds. The van der Waals surface area contributed by atoms with E-state index in [1.807, 2.05) is 13.8 Å². The molecule has 0 unspecified atom stereocenters. The Balaban J connectivity index is 2.70. The third-order valence-electron chi connectivity index (χ3n) is 5.07. The van der Waals surface area contributed by atoms with E-state index in [1.54, 1.807) is 0 Å². The molecule has 0 aromatic heterocycles. The molecule has 0 aliphatic carbocycles. The minimum Gasteiger partial charge on any atom is -0.467 e. The Morgan fingerprint density at radius 3 is 2.36 bits per heavy atom. The van der Waals surface area contributed by atoms with Gasteiger partial charge >= 0.3 is 5.97 Å². The number of aryl methyl sites for hydroxylation is 2. The van der Waals surface area contributed by atoms with Crippen LogP contribution in [0.1, 0.15) is 63.6 Å². The molecular weight excluding hydrogens is 274 g/mol. The van der Waals surface area contributed by atoms with Gasteiger partial charge in [0.2, 0.25) is 0 Å². The van der Waals surface area contributed by atoms with Gasteiger partial charge < -0.3 is 9.64 Å². The van der Waals surface area contributed by atoms with Gasteiger partial charge in [0.05, 0.1) is 7.11 Å². The van der Waals surface area contributed by atoms with Crippen LogP contribution < -0.4 is 4.90 Å². The number of rotatable bonds is 2. The van der Waals surface area contributed by atoms with Crippen LogP contribution in [0.3, 0.4) is 0 Å². The smallest absolute Gasteiger partial charge is 0.331 e. The fraction of sp³-hybridized carbons (Fsp3) is 0.632. The van der Waals surface area contributed by atoms with Crippen LogP contribution in [0, 0.1) is 13.8 Å². The quantitative estimate of drug-likeness (QED) is 0.761. The summed E-state index contributed by atoms with van der Waals surface area (Å²) in [4.78, 5) is 14.7.